The summed E-state index contributed by atoms with van der Waals surface area (Å²) in [4.78, 5) is 13.9. The van der Waals surface area contributed by atoms with Crippen LogP contribution in [0.3, 0.4) is 0 Å². The van der Waals surface area contributed by atoms with Gasteiger partial charge in [0.15, 0.2) is 0 Å². The molecule has 15 heavy (non-hydrogen) atoms. The van der Waals surface area contributed by atoms with E-state index in [4.69, 9.17) is 5.73 Å². The van der Waals surface area contributed by atoms with E-state index in [9.17, 15) is 4.79 Å². The summed E-state index contributed by atoms with van der Waals surface area (Å²) in [6, 6.07) is 0.387. The normalized spacial score (nSPS) is 26.3. The van der Waals surface area contributed by atoms with Crippen LogP contribution in [0.5, 0.6) is 0 Å². The molecule has 0 aromatic heterocycles. The monoisotopic (exact) mass is 212 g/mol. The van der Waals surface area contributed by atoms with Gasteiger partial charge in [0.1, 0.15) is 0 Å². The van der Waals surface area contributed by atoms with Crippen LogP contribution in [0.1, 0.15) is 40.0 Å². The van der Waals surface area contributed by atoms with E-state index in [0.29, 0.717) is 36.8 Å². The maximum Gasteiger partial charge on any atom is 0.222 e. The predicted molar refractivity (Wildman–Crippen MR) is 62.4 cm³/mol. The van der Waals surface area contributed by atoms with Crippen molar-refractivity contribution in [3.63, 3.8) is 0 Å². The lowest BCUT2D eigenvalue weighted by molar-refractivity contribution is -0.132. The Morgan fingerprint density at radius 3 is 2.67 bits per heavy atom. The maximum absolute atomic E-state index is 11.9. The number of rotatable bonds is 4. The first-order valence-corrected chi connectivity index (χ1v) is 6.04. The van der Waals surface area contributed by atoms with Gasteiger partial charge in [-0.3, -0.25) is 4.79 Å². The fourth-order valence-electron chi connectivity index (χ4n) is 2.22. The van der Waals surface area contributed by atoms with E-state index in [2.05, 4.69) is 20.8 Å². The number of hydrogen-bond donors (Lipinski definition) is 1. The van der Waals surface area contributed by atoms with Gasteiger partial charge in [0.2, 0.25) is 5.91 Å². The summed E-state index contributed by atoms with van der Waals surface area (Å²) in [6.45, 7) is 8.02. The highest BCUT2D eigenvalue weighted by atomic mass is 16.2. The molecule has 1 amide bonds. The van der Waals surface area contributed by atoms with Crippen LogP contribution >= 0.6 is 0 Å². The van der Waals surface area contributed by atoms with Gasteiger partial charge in [0, 0.05) is 19.0 Å². The number of amides is 1. The number of likely N-dealkylation sites (tertiary alicyclic amines) is 1. The Kier molecular flexibility index (Phi) is 4.58. The summed E-state index contributed by atoms with van der Waals surface area (Å²) in [7, 11) is 0. The van der Waals surface area contributed by atoms with E-state index < -0.39 is 0 Å². The molecule has 2 atom stereocenters. The molecule has 88 valence electrons. The first kappa shape index (κ1) is 12.5. The quantitative estimate of drug-likeness (QED) is 0.769. The molecule has 3 heteroatoms. The molecule has 1 saturated heterocycles. The van der Waals surface area contributed by atoms with Crippen LogP contribution < -0.4 is 5.73 Å². The molecule has 0 spiro atoms. The van der Waals surface area contributed by atoms with Crippen molar-refractivity contribution in [2.24, 2.45) is 17.6 Å². The number of carbonyl (C=O) groups excluding carboxylic acids is 1. The number of nitrogens with two attached hydrogens (primary N) is 1. The zero-order chi connectivity index (χ0) is 11.4. The van der Waals surface area contributed by atoms with Gasteiger partial charge >= 0.3 is 0 Å². The van der Waals surface area contributed by atoms with Gasteiger partial charge in [0.25, 0.3) is 0 Å². The molecule has 2 unspecified atom stereocenters. The SMILES string of the molecule is CC(C)CCC(=O)N1CC(CN)CC1C. The molecule has 0 aliphatic carbocycles. The topological polar surface area (TPSA) is 46.3 Å². The van der Waals surface area contributed by atoms with Crippen molar-refractivity contribution in [1.29, 1.82) is 0 Å². The third-order valence-electron chi connectivity index (χ3n) is 3.25. The summed E-state index contributed by atoms with van der Waals surface area (Å²) >= 11 is 0. The van der Waals surface area contributed by atoms with Crippen molar-refractivity contribution in [2.75, 3.05) is 13.1 Å². The summed E-state index contributed by atoms with van der Waals surface area (Å²) in [6.07, 6.45) is 2.76. The third kappa shape index (κ3) is 3.49. The van der Waals surface area contributed by atoms with E-state index in [1.807, 2.05) is 4.90 Å². The molecule has 0 saturated carbocycles. The van der Waals surface area contributed by atoms with Crippen LogP contribution in [0.4, 0.5) is 0 Å². The van der Waals surface area contributed by atoms with Crippen LogP contribution in [0.2, 0.25) is 0 Å². The van der Waals surface area contributed by atoms with Crippen LogP contribution in [0.25, 0.3) is 0 Å². The standard InChI is InChI=1S/C12H24N2O/c1-9(2)4-5-12(15)14-8-11(7-13)6-10(14)3/h9-11H,4-8,13H2,1-3H3. The third-order valence-corrected chi connectivity index (χ3v) is 3.25. The highest BCUT2D eigenvalue weighted by molar-refractivity contribution is 5.76. The average Bonchev–Trinajstić information content (AvgIpc) is 2.56. The molecule has 0 aromatic carbocycles. The lowest BCUT2D eigenvalue weighted by Gasteiger charge is -2.21. The van der Waals surface area contributed by atoms with Crippen LogP contribution in [0, 0.1) is 11.8 Å². The molecule has 3 nitrogen and oxygen atoms in total. The molecule has 1 heterocycles. The van der Waals surface area contributed by atoms with Crippen molar-refractivity contribution in [2.45, 2.75) is 46.1 Å². The van der Waals surface area contributed by atoms with Gasteiger partial charge in [-0.1, -0.05) is 13.8 Å². The number of hydrogen-bond acceptors (Lipinski definition) is 2. The summed E-state index contributed by atoms with van der Waals surface area (Å²) in [5, 5.41) is 0. The molecule has 0 bridgehead atoms. The fourth-order valence-corrected chi connectivity index (χ4v) is 2.22. The molecule has 1 aliphatic heterocycles. The molecule has 2 N–H and O–H groups in total. The zero-order valence-electron chi connectivity index (χ0n) is 10.2. The van der Waals surface area contributed by atoms with Gasteiger partial charge in [-0.15, -0.1) is 0 Å². The van der Waals surface area contributed by atoms with Gasteiger partial charge in [0.05, 0.1) is 0 Å². The van der Waals surface area contributed by atoms with Crippen molar-refractivity contribution in [3.05, 3.63) is 0 Å². The number of nitrogens with zero attached hydrogens (tertiary/aromatic N) is 1. The molecule has 1 aliphatic rings. The predicted octanol–water partition coefficient (Wildman–Crippen LogP) is 1.62. The summed E-state index contributed by atoms with van der Waals surface area (Å²) < 4.78 is 0. The second-order valence-electron chi connectivity index (χ2n) is 5.17. The Labute approximate surface area is 93.0 Å². The number of carbonyl (C=O) groups is 1. The van der Waals surface area contributed by atoms with Crippen molar-refractivity contribution in [1.82, 2.24) is 4.90 Å². The van der Waals surface area contributed by atoms with E-state index in [0.717, 1.165) is 19.4 Å². The van der Waals surface area contributed by atoms with Crippen molar-refractivity contribution < 1.29 is 4.79 Å². The minimum Gasteiger partial charge on any atom is -0.340 e. The smallest absolute Gasteiger partial charge is 0.222 e. The Morgan fingerprint density at radius 2 is 2.20 bits per heavy atom. The Hall–Kier alpha value is -0.570. The summed E-state index contributed by atoms with van der Waals surface area (Å²) in [5.41, 5.74) is 5.64. The van der Waals surface area contributed by atoms with Gasteiger partial charge in [-0.2, -0.15) is 0 Å². The Bertz CT molecular complexity index is 216. The van der Waals surface area contributed by atoms with Crippen molar-refractivity contribution >= 4 is 5.91 Å². The molecule has 0 radical (unpaired) electrons. The lowest BCUT2D eigenvalue weighted by Crippen LogP contribution is -2.34. The highest BCUT2D eigenvalue weighted by Gasteiger charge is 2.30. The van der Waals surface area contributed by atoms with E-state index in [1.165, 1.54) is 0 Å². The highest BCUT2D eigenvalue weighted by Crippen LogP contribution is 2.23. The lowest BCUT2D eigenvalue weighted by atomic mass is 10.1. The van der Waals surface area contributed by atoms with Crippen LogP contribution in [0.15, 0.2) is 0 Å². The van der Waals surface area contributed by atoms with Crippen LogP contribution in [-0.2, 0) is 4.79 Å². The maximum atomic E-state index is 11.9. The first-order chi connectivity index (χ1) is 7.04. The minimum absolute atomic E-state index is 0.312. The first-order valence-electron chi connectivity index (χ1n) is 6.04. The molecule has 1 rings (SSSR count). The summed E-state index contributed by atoms with van der Waals surface area (Å²) in [5.74, 6) is 1.44. The minimum atomic E-state index is 0.312. The zero-order valence-corrected chi connectivity index (χ0v) is 10.2. The Morgan fingerprint density at radius 1 is 1.53 bits per heavy atom. The second-order valence-corrected chi connectivity index (χ2v) is 5.17. The van der Waals surface area contributed by atoms with E-state index >= 15 is 0 Å². The molecular formula is C12H24N2O. The fraction of sp³-hybridized carbons (Fsp3) is 0.917. The second kappa shape index (κ2) is 5.50. The Balaban J connectivity index is 2.39. The van der Waals surface area contributed by atoms with E-state index in [-0.39, 0.29) is 0 Å². The molecule has 1 fully saturated rings. The van der Waals surface area contributed by atoms with Crippen LogP contribution in [-0.4, -0.2) is 29.9 Å². The molecule has 0 aromatic rings. The van der Waals surface area contributed by atoms with Gasteiger partial charge in [-0.05, 0) is 38.1 Å². The largest absolute Gasteiger partial charge is 0.340 e. The average molecular weight is 212 g/mol. The van der Waals surface area contributed by atoms with Crippen molar-refractivity contribution in [3.8, 4) is 0 Å². The van der Waals surface area contributed by atoms with Gasteiger partial charge < -0.3 is 10.6 Å². The molecular weight excluding hydrogens is 188 g/mol. The van der Waals surface area contributed by atoms with E-state index in [1.54, 1.807) is 0 Å². The van der Waals surface area contributed by atoms with Gasteiger partial charge in [-0.25, -0.2) is 0 Å².